The molecule has 0 saturated carbocycles. The molecule has 4 nitrogen and oxygen atoms in total. The quantitative estimate of drug-likeness (QED) is 0.286. The fourth-order valence-corrected chi connectivity index (χ4v) is 0. The Balaban J connectivity index is -0.0000000800. The van der Waals surface area contributed by atoms with E-state index in [1.165, 1.54) is 0 Å². The van der Waals surface area contributed by atoms with Crippen LogP contribution in [0.4, 0.5) is 0 Å². The molecule has 7 heteroatoms. The fourth-order valence-electron chi connectivity index (χ4n) is 0. The van der Waals surface area contributed by atoms with E-state index < -0.39 is 7.82 Å². The molecular weight excluding hydrogens is 149 g/mol. The van der Waals surface area contributed by atoms with Gasteiger partial charge in [-0.25, -0.2) is 4.57 Å². The minimum absolute atomic E-state index is 0. The van der Waals surface area contributed by atoms with Gasteiger partial charge in [0.1, 0.15) is 0 Å². The van der Waals surface area contributed by atoms with Gasteiger partial charge in [0, 0.05) is 0 Å². The predicted molar refractivity (Wildman–Crippen MR) is 25.8 cm³/mol. The summed E-state index contributed by atoms with van der Waals surface area (Å²) in [5, 5.41) is 0. The van der Waals surface area contributed by atoms with E-state index in [0.717, 1.165) is 0 Å². The Morgan fingerprint density at radius 2 is 1.00 bits per heavy atom. The molecule has 0 aliphatic rings. The van der Waals surface area contributed by atoms with Gasteiger partial charge in [0.05, 0.1) is 0 Å². The van der Waals surface area contributed by atoms with Crippen LogP contribution in [0.5, 0.6) is 0 Å². The molecular formula is H3Al2O4P+6. The zero-order valence-electron chi connectivity index (χ0n) is 3.35. The van der Waals surface area contributed by atoms with Crippen molar-refractivity contribution in [2.75, 3.05) is 0 Å². The van der Waals surface area contributed by atoms with Crippen molar-refractivity contribution in [2.24, 2.45) is 0 Å². The Morgan fingerprint density at radius 1 is 1.00 bits per heavy atom. The molecule has 0 heterocycles. The van der Waals surface area contributed by atoms with Gasteiger partial charge in [0.15, 0.2) is 0 Å². The number of phosphoric acid groups is 1. The first-order chi connectivity index (χ1) is 2.00. The molecule has 0 aromatic carbocycles. The number of hydrogen-bond donors (Lipinski definition) is 3. The van der Waals surface area contributed by atoms with Crippen LogP contribution in [0, 0.1) is 0 Å². The smallest absolute Gasteiger partial charge is 0.303 e. The first kappa shape index (κ1) is 15.7. The van der Waals surface area contributed by atoms with Gasteiger partial charge in [0.25, 0.3) is 0 Å². The molecule has 32 valence electrons. The van der Waals surface area contributed by atoms with E-state index in [1.54, 1.807) is 0 Å². The third-order valence-corrected chi connectivity index (χ3v) is 0. The van der Waals surface area contributed by atoms with Gasteiger partial charge in [-0.3, -0.25) is 0 Å². The van der Waals surface area contributed by atoms with Crippen LogP contribution >= 0.6 is 7.82 Å². The van der Waals surface area contributed by atoms with Crippen LogP contribution < -0.4 is 0 Å². The predicted octanol–water partition coefficient (Wildman–Crippen LogP) is -1.69. The second-order valence-electron chi connectivity index (χ2n) is 0.513. The van der Waals surface area contributed by atoms with Crippen molar-refractivity contribution in [3.63, 3.8) is 0 Å². The largest absolute Gasteiger partial charge is 3.00 e. The van der Waals surface area contributed by atoms with E-state index >= 15 is 0 Å². The van der Waals surface area contributed by atoms with Crippen LogP contribution in [-0.2, 0) is 4.57 Å². The van der Waals surface area contributed by atoms with Crippen LogP contribution in [0.2, 0.25) is 0 Å². The van der Waals surface area contributed by atoms with Crippen molar-refractivity contribution in [1.82, 2.24) is 0 Å². The van der Waals surface area contributed by atoms with Crippen molar-refractivity contribution in [2.45, 2.75) is 0 Å². The fraction of sp³-hybridized carbons (Fsp3) is 0. The van der Waals surface area contributed by atoms with E-state index in [1.807, 2.05) is 0 Å². The van der Waals surface area contributed by atoms with Gasteiger partial charge >= 0.3 is 42.5 Å². The average Bonchev–Trinajstić information content (AvgIpc) is 0.722. The Bertz CT molecular complexity index is 55.8. The third kappa shape index (κ3) is 139. The molecule has 0 saturated heterocycles. The van der Waals surface area contributed by atoms with Gasteiger partial charge < -0.3 is 14.7 Å². The molecule has 0 rings (SSSR count). The molecule has 0 atom stereocenters. The normalized spacial score (nSPS) is 8.43. The minimum Gasteiger partial charge on any atom is -0.303 e. The molecule has 3 N–H and O–H groups in total. The Morgan fingerprint density at radius 3 is 1.00 bits per heavy atom. The van der Waals surface area contributed by atoms with Crippen molar-refractivity contribution in [1.29, 1.82) is 0 Å². The molecule has 0 radical (unpaired) electrons. The van der Waals surface area contributed by atoms with Crippen molar-refractivity contribution >= 4 is 42.5 Å². The number of hydrogen-bond acceptors (Lipinski definition) is 1. The summed E-state index contributed by atoms with van der Waals surface area (Å²) in [6.45, 7) is 0. The summed E-state index contributed by atoms with van der Waals surface area (Å²) in [7, 11) is -4.64. The molecule has 0 amide bonds. The summed E-state index contributed by atoms with van der Waals surface area (Å²) in [5.41, 5.74) is 0. The minimum atomic E-state index is -4.64. The molecule has 7 heavy (non-hydrogen) atoms. The molecule has 0 aromatic heterocycles. The van der Waals surface area contributed by atoms with Gasteiger partial charge in [0.2, 0.25) is 0 Å². The van der Waals surface area contributed by atoms with E-state index in [4.69, 9.17) is 19.2 Å². The maximum Gasteiger partial charge on any atom is 3.00 e. The SMILES string of the molecule is O=P(O)(O)O.[Al+3].[Al+3]. The molecule has 0 aliphatic carbocycles. The van der Waals surface area contributed by atoms with Gasteiger partial charge in [-0.15, -0.1) is 0 Å². The average molecular weight is 152 g/mol. The van der Waals surface area contributed by atoms with Crippen LogP contribution in [0.3, 0.4) is 0 Å². The molecule has 0 unspecified atom stereocenters. The zero-order valence-corrected chi connectivity index (χ0v) is 6.56. The van der Waals surface area contributed by atoms with Crippen LogP contribution in [-0.4, -0.2) is 49.4 Å². The Labute approximate surface area is 62.1 Å². The summed E-state index contributed by atoms with van der Waals surface area (Å²) >= 11 is 0. The summed E-state index contributed by atoms with van der Waals surface area (Å²) in [6, 6.07) is 0. The van der Waals surface area contributed by atoms with E-state index in [9.17, 15) is 0 Å². The maximum absolute atomic E-state index is 8.88. The maximum atomic E-state index is 8.88. The first-order valence-corrected chi connectivity index (χ1v) is 2.35. The van der Waals surface area contributed by atoms with Crippen molar-refractivity contribution in [3.8, 4) is 0 Å². The second kappa shape index (κ2) is 5.31. The Kier molecular flexibility index (Phi) is 11.9. The topological polar surface area (TPSA) is 77.8 Å². The number of rotatable bonds is 0. The molecule has 0 aliphatic heterocycles. The molecule has 0 fully saturated rings. The summed E-state index contributed by atoms with van der Waals surface area (Å²) in [4.78, 5) is 21.6. The third-order valence-electron chi connectivity index (χ3n) is 0. The van der Waals surface area contributed by atoms with Crippen molar-refractivity contribution in [3.05, 3.63) is 0 Å². The van der Waals surface area contributed by atoms with Gasteiger partial charge in [-0.1, -0.05) is 0 Å². The second-order valence-corrected chi connectivity index (χ2v) is 1.54. The van der Waals surface area contributed by atoms with Crippen LogP contribution in [0.15, 0.2) is 0 Å². The first-order valence-electron chi connectivity index (χ1n) is 0.783. The van der Waals surface area contributed by atoms with E-state index in [2.05, 4.69) is 0 Å². The molecule has 0 spiro atoms. The summed E-state index contributed by atoms with van der Waals surface area (Å²) < 4.78 is 8.88. The van der Waals surface area contributed by atoms with Gasteiger partial charge in [-0.05, 0) is 0 Å². The standard InChI is InChI=1S/2Al.H3O4P/c;;1-5(2,3)4/h;;(H3,1,2,3,4)/q2*+3;. The van der Waals surface area contributed by atoms with Gasteiger partial charge in [-0.2, -0.15) is 0 Å². The molecule has 0 aromatic rings. The molecule has 0 bridgehead atoms. The Hall–Kier alpha value is 1.17. The van der Waals surface area contributed by atoms with Crippen molar-refractivity contribution < 1.29 is 19.2 Å². The summed E-state index contributed by atoms with van der Waals surface area (Å²) in [5.74, 6) is 0. The van der Waals surface area contributed by atoms with Crippen LogP contribution in [0.25, 0.3) is 0 Å². The van der Waals surface area contributed by atoms with E-state index in [0.29, 0.717) is 0 Å². The van der Waals surface area contributed by atoms with E-state index in [-0.39, 0.29) is 34.7 Å². The summed E-state index contributed by atoms with van der Waals surface area (Å²) in [6.07, 6.45) is 0. The van der Waals surface area contributed by atoms with Crippen LogP contribution in [0.1, 0.15) is 0 Å². The zero-order chi connectivity index (χ0) is 4.50. The monoisotopic (exact) mass is 152 g/mol.